The molecular formula is C46H27N5O. The van der Waals surface area contributed by atoms with Gasteiger partial charge in [-0.2, -0.15) is 9.97 Å². The average Bonchev–Trinajstić information content (AvgIpc) is 3.77. The number of para-hydroxylation sites is 4. The summed E-state index contributed by atoms with van der Waals surface area (Å²) in [7, 11) is 0. The molecular weight excluding hydrogens is 639 g/mol. The topological polar surface area (TPSA) is 61.1 Å². The molecule has 6 heteroatoms. The van der Waals surface area contributed by atoms with Gasteiger partial charge in [0.15, 0.2) is 17.3 Å². The van der Waals surface area contributed by atoms with Crippen LogP contribution < -0.4 is 0 Å². The second-order valence-corrected chi connectivity index (χ2v) is 12.7. The summed E-state index contributed by atoms with van der Waals surface area (Å²) in [4.78, 5) is 19.1. The monoisotopic (exact) mass is 665 g/mol. The summed E-state index contributed by atoms with van der Waals surface area (Å²) in [6, 6.07) is 55.3. The van der Waals surface area contributed by atoms with Gasteiger partial charge < -0.3 is 4.42 Å². The SMILES string of the molecule is [C-]#[N+]c1ccc(-c2cccc3c2oc2c(-c4nc(-c5ccc(-c6ccccc6)cc5)nc(-n5c6ccccc6c6ccccc65)n4)cccc23)cc1. The Bertz CT molecular complexity index is 2950. The first-order valence-corrected chi connectivity index (χ1v) is 17.1. The third-order valence-corrected chi connectivity index (χ3v) is 9.73. The van der Waals surface area contributed by atoms with Gasteiger partial charge in [-0.15, -0.1) is 0 Å². The zero-order valence-corrected chi connectivity index (χ0v) is 27.7. The molecule has 0 radical (unpaired) electrons. The standard InChI is InChI=1S/C46H27N5O/c1-47-33-27-25-31(26-28-33)34-15-9-16-37-38-17-10-18-39(43(38)52-42(34)37)45-48-44(32-23-21-30(22-24-32)29-11-3-2-4-12-29)49-46(50-45)51-40-19-7-5-13-35(40)36-14-6-8-20-41(36)51/h2-28H. The van der Waals surface area contributed by atoms with Gasteiger partial charge in [0.05, 0.1) is 23.2 Å². The van der Waals surface area contributed by atoms with Crippen molar-refractivity contribution in [3.05, 3.63) is 175 Å². The van der Waals surface area contributed by atoms with Crippen molar-refractivity contribution in [2.45, 2.75) is 0 Å². The van der Waals surface area contributed by atoms with E-state index >= 15 is 0 Å². The van der Waals surface area contributed by atoms with Crippen LogP contribution in [0.15, 0.2) is 168 Å². The van der Waals surface area contributed by atoms with Gasteiger partial charge in [-0.05, 0) is 34.9 Å². The fourth-order valence-electron chi connectivity index (χ4n) is 7.23. The number of aromatic nitrogens is 4. The van der Waals surface area contributed by atoms with Crippen LogP contribution in [0.1, 0.15) is 0 Å². The smallest absolute Gasteiger partial charge is 0.238 e. The van der Waals surface area contributed by atoms with E-state index in [-0.39, 0.29) is 0 Å². The van der Waals surface area contributed by atoms with Crippen molar-refractivity contribution in [1.29, 1.82) is 0 Å². The highest BCUT2D eigenvalue weighted by Crippen LogP contribution is 2.40. The lowest BCUT2D eigenvalue weighted by atomic mass is 10.0. The molecule has 242 valence electrons. The molecule has 3 aromatic heterocycles. The van der Waals surface area contributed by atoms with E-state index in [1.165, 1.54) is 0 Å². The molecule has 0 atom stereocenters. The first-order chi connectivity index (χ1) is 25.7. The Kier molecular flexibility index (Phi) is 6.76. The van der Waals surface area contributed by atoms with Crippen LogP contribution in [0, 0.1) is 6.57 Å². The molecule has 0 spiro atoms. The lowest BCUT2D eigenvalue weighted by Crippen LogP contribution is -2.06. The maximum absolute atomic E-state index is 7.37. The number of nitrogens with zero attached hydrogens (tertiary/aromatic N) is 5. The lowest BCUT2D eigenvalue weighted by molar-refractivity contribution is 0.670. The largest absolute Gasteiger partial charge is 0.455 e. The highest BCUT2D eigenvalue weighted by atomic mass is 16.3. The maximum Gasteiger partial charge on any atom is 0.238 e. The molecule has 3 heterocycles. The van der Waals surface area contributed by atoms with Crippen LogP contribution in [0.3, 0.4) is 0 Å². The van der Waals surface area contributed by atoms with Gasteiger partial charge in [0.25, 0.3) is 0 Å². The van der Waals surface area contributed by atoms with Gasteiger partial charge in [0.2, 0.25) is 5.95 Å². The van der Waals surface area contributed by atoms with Gasteiger partial charge in [-0.1, -0.05) is 146 Å². The number of furan rings is 1. The minimum absolute atomic E-state index is 0.515. The lowest BCUT2D eigenvalue weighted by Gasteiger charge is -2.11. The normalized spacial score (nSPS) is 11.4. The molecule has 0 fully saturated rings. The van der Waals surface area contributed by atoms with Crippen LogP contribution in [0.4, 0.5) is 5.69 Å². The fraction of sp³-hybridized carbons (Fsp3) is 0. The predicted molar refractivity (Wildman–Crippen MR) is 209 cm³/mol. The van der Waals surface area contributed by atoms with E-state index in [4.69, 9.17) is 25.9 Å². The van der Waals surface area contributed by atoms with Gasteiger partial charge >= 0.3 is 0 Å². The van der Waals surface area contributed by atoms with Crippen LogP contribution in [0.2, 0.25) is 0 Å². The van der Waals surface area contributed by atoms with Gasteiger partial charge in [0, 0.05) is 32.7 Å². The summed E-state index contributed by atoms with van der Waals surface area (Å²) in [6.45, 7) is 7.37. The van der Waals surface area contributed by atoms with E-state index in [0.29, 0.717) is 28.9 Å². The van der Waals surface area contributed by atoms with Crippen molar-refractivity contribution >= 4 is 49.4 Å². The van der Waals surface area contributed by atoms with E-state index < -0.39 is 0 Å². The Morgan fingerprint density at radius 3 is 1.62 bits per heavy atom. The van der Waals surface area contributed by atoms with Gasteiger partial charge in [-0.25, -0.2) is 9.83 Å². The van der Waals surface area contributed by atoms with Crippen molar-refractivity contribution < 1.29 is 4.42 Å². The molecule has 0 saturated heterocycles. The van der Waals surface area contributed by atoms with Crippen molar-refractivity contribution in [2.75, 3.05) is 0 Å². The number of hydrogen-bond acceptors (Lipinski definition) is 4. The number of hydrogen-bond donors (Lipinski definition) is 0. The van der Waals surface area contributed by atoms with Crippen molar-refractivity contribution in [3.63, 3.8) is 0 Å². The molecule has 10 aromatic rings. The molecule has 6 nitrogen and oxygen atoms in total. The molecule has 0 aliphatic rings. The summed E-state index contributed by atoms with van der Waals surface area (Å²) in [5.74, 6) is 1.61. The van der Waals surface area contributed by atoms with E-state index in [1.807, 2.05) is 72.8 Å². The summed E-state index contributed by atoms with van der Waals surface area (Å²) in [6.07, 6.45) is 0. The summed E-state index contributed by atoms with van der Waals surface area (Å²) in [5.41, 5.74) is 9.96. The van der Waals surface area contributed by atoms with E-state index in [2.05, 4.69) is 100 Å². The molecule has 10 rings (SSSR count). The minimum atomic E-state index is 0.515. The first kappa shape index (κ1) is 29.5. The second-order valence-electron chi connectivity index (χ2n) is 12.7. The van der Waals surface area contributed by atoms with E-state index in [9.17, 15) is 0 Å². The molecule has 0 bridgehead atoms. The van der Waals surface area contributed by atoms with E-state index in [1.54, 1.807) is 0 Å². The van der Waals surface area contributed by atoms with Gasteiger partial charge in [0.1, 0.15) is 11.2 Å². The first-order valence-electron chi connectivity index (χ1n) is 17.1. The maximum atomic E-state index is 7.37. The van der Waals surface area contributed by atoms with Crippen LogP contribution >= 0.6 is 0 Å². The van der Waals surface area contributed by atoms with Crippen molar-refractivity contribution in [1.82, 2.24) is 19.5 Å². The fourth-order valence-corrected chi connectivity index (χ4v) is 7.23. The zero-order chi connectivity index (χ0) is 34.6. The molecule has 0 N–H and O–H groups in total. The quantitative estimate of drug-likeness (QED) is 0.172. The summed E-state index contributed by atoms with van der Waals surface area (Å²) in [5, 5.41) is 4.23. The molecule has 0 saturated carbocycles. The van der Waals surface area contributed by atoms with Crippen LogP contribution in [-0.2, 0) is 0 Å². The Morgan fingerprint density at radius 2 is 0.942 bits per heavy atom. The Morgan fingerprint density at radius 1 is 0.423 bits per heavy atom. The minimum Gasteiger partial charge on any atom is -0.455 e. The van der Waals surface area contributed by atoms with Crippen LogP contribution in [-0.4, -0.2) is 19.5 Å². The molecule has 0 aliphatic heterocycles. The third-order valence-electron chi connectivity index (χ3n) is 9.73. The van der Waals surface area contributed by atoms with Crippen molar-refractivity contribution in [3.8, 4) is 51.0 Å². The number of benzene rings is 7. The Labute approximate surface area is 298 Å². The Balaban J connectivity index is 1.21. The van der Waals surface area contributed by atoms with Gasteiger partial charge in [-0.3, -0.25) is 4.57 Å². The Hall–Kier alpha value is -7.36. The highest BCUT2D eigenvalue weighted by Gasteiger charge is 2.21. The predicted octanol–water partition coefficient (Wildman–Crippen LogP) is 12.1. The molecule has 0 aliphatic carbocycles. The molecule has 52 heavy (non-hydrogen) atoms. The summed E-state index contributed by atoms with van der Waals surface area (Å²) < 4.78 is 8.92. The second kappa shape index (κ2) is 11.9. The highest BCUT2D eigenvalue weighted by molar-refractivity contribution is 6.13. The number of fused-ring (bicyclic) bond motifs is 6. The third kappa shape index (κ3) is 4.76. The van der Waals surface area contributed by atoms with E-state index in [0.717, 1.165) is 71.5 Å². The molecule has 0 unspecified atom stereocenters. The molecule has 0 amide bonds. The molecule has 7 aromatic carbocycles. The summed E-state index contributed by atoms with van der Waals surface area (Å²) >= 11 is 0. The average molecular weight is 666 g/mol. The van der Waals surface area contributed by atoms with Crippen LogP contribution in [0.25, 0.3) is 99.6 Å². The zero-order valence-electron chi connectivity index (χ0n) is 27.7. The van der Waals surface area contributed by atoms with Crippen molar-refractivity contribution in [2.24, 2.45) is 0 Å². The van der Waals surface area contributed by atoms with Crippen LogP contribution in [0.5, 0.6) is 0 Å². The number of rotatable bonds is 5.